The number of nitrogens with zero attached hydrogens (tertiary/aromatic N) is 4. The van der Waals surface area contributed by atoms with E-state index in [0.717, 1.165) is 17.9 Å². The minimum atomic E-state index is -0.371. The number of pyridine rings is 1. The van der Waals surface area contributed by atoms with Gasteiger partial charge >= 0.3 is 0 Å². The fraction of sp³-hybridized carbons (Fsp3) is 0.294. The van der Waals surface area contributed by atoms with Crippen molar-refractivity contribution in [2.24, 2.45) is 0 Å². The second-order valence-corrected chi connectivity index (χ2v) is 5.81. The van der Waals surface area contributed by atoms with Crippen LogP contribution in [0.3, 0.4) is 0 Å². The highest BCUT2D eigenvalue weighted by Crippen LogP contribution is 2.18. The third kappa shape index (κ3) is 3.43. The molecule has 128 valence electrons. The highest BCUT2D eigenvalue weighted by molar-refractivity contribution is 5.82. The van der Waals surface area contributed by atoms with Crippen molar-refractivity contribution in [2.75, 3.05) is 13.1 Å². The van der Waals surface area contributed by atoms with Crippen molar-refractivity contribution in [2.45, 2.75) is 19.0 Å². The maximum Gasteiger partial charge on any atom is 0.237 e. The Morgan fingerprint density at radius 1 is 1.28 bits per heavy atom. The molecule has 0 aliphatic carbocycles. The molecule has 3 aromatic heterocycles. The molecule has 0 bridgehead atoms. The lowest BCUT2D eigenvalue weighted by molar-refractivity contribution is -0.129. The van der Waals surface area contributed by atoms with Gasteiger partial charge in [-0.2, -0.15) is 4.98 Å². The zero-order valence-electron chi connectivity index (χ0n) is 13.5. The molecule has 1 atom stereocenters. The van der Waals surface area contributed by atoms with Crippen molar-refractivity contribution < 1.29 is 13.7 Å². The summed E-state index contributed by atoms with van der Waals surface area (Å²) >= 11 is 0. The van der Waals surface area contributed by atoms with Crippen molar-refractivity contribution in [1.29, 1.82) is 0 Å². The largest absolute Gasteiger partial charge is 0.468 e. The maximum atomic E-state index is 12.3. The van der Waals surface area contributed by atoms with Gasteiger partial charge in [0.05, 0.1) is 25.3 Å². The quantitative estimate of drug-likeness (QED) is 0.747. The minimum absolute atomic E-state index is 0.0403. The van der Waals surface area contributed by atoms with Crippen molar-refractivity contribution in [3.8, 4) is 11.4 Å². The first-order valence-corrected chi connectivity index (χ1v) is 8.07. The Hall–Kier alpha value is -3.00. The predicted octanol–water partition coefficient (Wildman–Crippen LogP) is 1.27. The van der Waals surface area contributed by atoms with E-state index in [1.165, 1.54) is 0 Å². The van der Waals surface area contributed by atoms with Crippen LogP contribution in [0.25, 0.3) is 11.4 Å². The summed E-state index contributed by atoms with van der Waals surface area (Å²) in [5.74, 6) is 1.70. The molecule has 1 N–H and O–H groups in total. The maximum absolute atomic E-state index is 12.3. The molecule has 0 aromatic carbocycles. The molecular formula is C17H17N5O3. The number of furan rings is 1. The molecule has 1 aliphatic heterocycles. The van der Waals surface area contributed by atoms with Gasteiger partial charge in [-0.05, 0) is 24.3 Å². The number of hydrogen-bond acceptors (Lipinski definition) is 7. The van der Waals surface area contributed by atoms with Crippen molar-refractivity contribution in [3.63, 3.8) is 0 Å². The molecule has 4 heterocycles. The second kappa shape index (κ2) is 6.86. The van der Waals surface area contributed by atoms with E-state index in [1.54, 1.807) is 18.7 Å². The van der Waals surface area contributed by atoms with Crippen LogP contribution >= 0.6 is 0 Å². The topological polar surface area (TPSA) is 97.3 Å². The van der Waals surface area contributed by atoms with Gasteiger partial charge in [-0.1, -0.05) is 5.16 Å². The number of aromatic nitrogens is 3. The van der Waals surface area contributed by atoms with Gasteiger partial charge in [0.25, 0.3) is 0 Å². The summed E-state index contributed by atoms with van der Waals surface area (Å²) in [5.41, 5.74) is 0.825. The molecule has 0 saturated carbocycles. The fourth-order valence-electron chi connectivity index (χ4n) is 2.90. The molecule has 1 fully saturated rings. The number of hydrogen-bond donors (Lipinski definition) is 1. The summed E-state index contributed by atoms with van der Waals surface area (Å²) < 4.78 is 10.7. The van der Waals surface area contributed by atoms with E-state index in [4.69, 9.17) is 8.94 Å². The van der Waals surface area contributed by atoms with Crippen LogP contribution in [0.15, 0.2) is 51.9 Å². The van der Waals surface area contributed by atoms with Crippen LogP contribution in [0.5, 0.6) is 0 Å². The summed E-state index contributed by atoms with van der Waals surface area (Å²) in [4.78, 5) is 22.8. The van der Waals surface area contributed by atoms with Gasteiger partial charge in [0, 0.05) is 31.0 Å². The molecule has 4 rings (SSSR count). The van der Waals surface area contributed by atoms with Gasteiger partial charge in [0.2, 0.25) is 17.6 Å². The number of carbonyl (C=O) groups excluding carboxylic acids is 1. The predicted molar refractivity (Wildman–Crippen MR) is 87.1 cm³/mol. The molecule has 3 aromatic rings. The number of nitrogens with one attached hydrogen (secondary N) is 1. The van der Waals surface area contributed by atoms with Crippen LogP contribution in [0.4, 0.5) is 0 Å². The Labute approximate surface area is 143 Å². The molecule has 8 nitrogen and oxygen atoms in total. The SMILES string of the molecule is O=C1NCCN(Cc2ccco2)C1Cc1nc(-c2ccncc2)no1. The molecule has 25 heavy (non-hydrogen) atoms. The zero-order valence-corrected chi connectivity index (χ0v) is 13.5. The fourth-order valence-corrected chi connectivity index (χ4v) is 2.90. The number of piperazine rings is 1. The van der Waals surface area contributed by atoms with Gasteiger partial charge in [-0.3, -0.25) is 14.7 Å². The van der Waals surface area contributed by atoms with Gasteiger partial charge in [0.1, 0.15) is 5.76 Å². The number of amides is 1. The van der Waals surface area contributed by atoms with Crippen LogP contribution in [0.2, 0.25) is 0 Å². The Bertz CT molecular complexity index is 831. The molecule has 8 heteroatoms. The Morgan fingerprint density at radius 2 is 2.16 bits per heavy atom. The summed E-state index contributed by atoms with van der Waals surface area (Å²) in [5, 5.41) is 6.89. The smallest absolute Gasteiger partial charge is 0.237 e. The number of rotatable bonds is 5. The molecule has 1 amide bonds. The molecule has 0 spiro atoms. The third-order valence-corrected chi connectivity index (χ3v) is 4.16. The zero-order chi connectivity index (χ0) is 17.1. The molecule has 1 unspecified atom stereocenters. The van der Waals surface area contributed by atoms with Gasteiger partial charge in [-0.15, -0.1) is 0 Å². The second-order valence-electron chi connectivity index (χ2n) is 5.81. The highest BCUT2D eigenvalue weighted by Gasteiger charge is 2.32. The summed E-state index contributed by atoms with van der Waals surface area (Å²) in [6.07, 6.45) is 5.33. The average Bonchev–Trinajstić information content (AvgIpc) is 3.31. The number of carbonyl (C=O) groups is 1. The summed E-state index contributed by atoms with van der Waals surface area (Å²) in [6.45, 7) is 1.92. The van der Waals surface area contributed by atoms with E-state index in [2.05, 4.69) is 25.3 Å². The molecule has 0 radical (unpaired) electrons. The first-order valence-electron chi connectivity index (χ1n) is 8.07. The van der Waals surface area contributed by atoms with Crippen molar-refractivity contribution in [1.82, 2.24) is 25.3 Å². The molecular weight excluding hydrogens is 322 g/mol. The first kappa shape index (κ1) is 15.5. The van der Waals surface area contributed by atoms with Gasteiger partial charge in [-0.25, -0.2) is 0 Å². The van der Waals surface area contributed by atoms with Crippen molar-refractivity contribution >= 4 is 5.91 Å². The lowest BCUT2D eigenvalue weighted by Crippen LogP contribution is -2.55. The normalized spacial score (nSPS) is 18.2. The Balaban J connectivity index is 1.51. The summed E-state index contributed by atoms with van der Waals surface area (Å²) in [7, 11) is 0. The minimum Gasteiger partial charge on any atom is -0.468 e. The monoisotopic (exact) mass is 339 g/mol. The van der Waals surface area contributed by atoms with Crippen LogP contribution in [0.1, 0.15) is 11.7 Å². The van der Waals surface area contributed by atoms with Gasteiger partial charge < -0.3 is 14.3 Å². The summed E-state index contributed by atoms with van der Waals surface area (Å²) in [6, 6.07) is 6.99. The van der Waals surface area contributed by atoms with Crippen LogP contribution in [-0.4, -0.2) is 45.1 Å². The molecule has 1 saturated heterocycles. The van der Waals surface area contributed by atoms with E-state index < -0.39 is 0 Å². The lowest BCUT2D eigenvalue weighted by atomic mass is 10.1. The third-order valence-electron chi connectivity index (χ3n) is 4.16. The first-order chi connectivity index (χ1) is 12.3. The Morgan fingerprint density at radius 3 is 2.96 bits per heavy atom. The van der Waals surface area contributed by atoms with Crippen molar-refractivity contribution in [3.05, 3.63) is 54.6 Å². The van der Waals surface area contributed by atoms with E-state index in [1.807, 2.05) is 24.3 Å². The lowest BCUT2D eigenvalue weighted by Gasteiger charge is -2.33. The van der Waals surface area contributed by atoms with Gasteiger partial charge in [0.15, 0.2) is 0 Å². The van der Waals surface area contributed by atoms with Crippen LogP contribution < -0.4 is 5.32 Å². The van der Waals surface area contributed by atoms with E-state index in [-0.39, 0.29) is 11.9 Å². The van der Waals surface area contributed by atoms with E-state index in [9.17, 15) is 4.79 Å². The van der Waals surface area contributed by atoms with E-state index >= 15 is 0 Å². The highest BCUT2D eigenvalue weighted by atomic mass is 16.5. The van der Waals surface area contributed by atoms with Crippen LogP contribution in [-0.2, 0) is 17.8 Å². The standard InChI is InChI=1S/C17H17N5O3/c23-17-14(22(8-7-19-17)11-13-2-1-9-24-13)10-15-20-16(21-25-15)12-3-5-18-6-4-12/h1-6,9,14H,7-8,10-11H2,(H,19,23). The van der Waals surface area contributed by atoms with E-state index in [0.29, 0.717) is 31.2 Å². The van der Waals surface area contributed by atoms with Crippen LogP contribution in [0, 0.1) is 0 Å². The Kier molecular flexibility index (Phi) is 4.26. The molecule has 1 aliphatic rings. The average molecular weight is 339 g/mol.